The van der Waals surface area contributed by atoms with Crippen LogP contribution in [0.5, 0.6) is 0 Å². The number of likely N-dealkylation sites (tertiary alicyclic amines) is 1. The van der Waals surface area contributed by atoms with Crippen molar-refractivity contribution in [2.45, 2.75) is 106 Å². The number of carbonyl (C=O) groups excluding carboxylic acids is 6. The number of fused-ring (bicyclic) bond motifs is 1. The first kappa shape index (κ1) is 37.0. The normalized spacial score (nSPS) is 22.9. The quantitative estimate of drug-likeness (QED) is 0.243. The van der Waals surface area contributed by atoms with Crippen molar-refractivity contribution >= 4 is 35.3 Å². The van der Waals surface area contributed by atoms with Gasteiger partial charge in [-0.15, -0.1) is 0 Å². The van der Waals surface area contributed by atoms with Gasteiger partial charge in [0.2, 0.25) is 17.6 Å². The van der Waals surface area contributed by atoms with E-state index in [0.29, 0.717) is 0 Å². The topological polar surface area (TPSA) is 154 Å². The number of carbonyl (C=O) groups is 6. The van der Waals surface area contributed by atoms with Crippen LogP contribution in [0.2, 0.25) is 0 Å². The van der Waals surface area contributed by atoms with Gasteiger partial charge >= 0.3 is 12.2 Å². The summed E-state index contributed by atoms with van der Waals surface area (Å²) in [7, 11) is 0. The maximum absolute atomic E-state index is 14.1. The number of amides is 5. The molecule has 1 aliphatic carbocycles. The summed E-state index contributed by atoms with van der Waals surface area (Å²) in [5.74, 6) is -4.95. The summed E-state index contributed by atoms with van der Waals surface area (Å²) in [6.07, 6.45) is -4.78. The monoisotopic (exact) mass is 631 g/mol. The van der Waals surface area contributed by atoms with Gasteiger partial charge in [-0.05, 0) is 35.0 Å². The molecule has 0 radical (unpaired) electrons. The van der Waals surface area contributed by atoms with Crippen LogP contribution in [-0.2, 0) is 24.0 Å². The summed E-state index contributed by atoms with van der Waals surface area (Å²) in [6, 6.07) is -5.03. The highest BCUT2D eigenvalue weighted by molar-refractivity contribution is 6.38. The van der Waals surface area contributed by atoms with Gasteiger partial charge in [0.1, 0.15) is 18.6 Å². The molecular weight excluding hydrogens is 583 g/mol. The van der Waals surface area contributed by atoms with Crippen LogP contribution in [0.4, 0.5) is 18.0 Å². The number of hydrogen-bond donors (Lipinski definition) is 4. The maximum atomic E-state index is 14.1. The number of Topliss-reactive ketones (excluding diaryl/α,β-unsaturated/α-hetero) is 2. The van der Waals surface area contributed by atoms with Crippen molar-refractivity contribution in [1.29, 1.82) is 0 Å². The van der Waals surface area contributed by atoms with E-state index in [0.717, 1.165) is 0 Å². The molecule has 250 valence electrons. The number of ketones is 2. The molecule has 0 aromatic rings. The molecule has 2 aliphatic rings. The summed E-state index contributed by atoms with van der Waals surface area (Å²) in [4.78, 5) is 79.6. The minimum Gasteiger partial charge on any atom is -0.344 e. The van der Waals surface area contributed by atoms with Crippen molar-refractivity contribution in [1.82, 2.24) is 26.2 Å². The first-order valence-corrected chi connectivity index (χ1v) is 15.1. The van der Waals surface area contributed by atoms with E-state index in [1.165, 1.54) is 17.1 Å². The Morgan fingerprint density at radius 3 is 1.95 bits per heavy atom. The average Bonchev–Trinajstić information content (AvgIpc) is 3.22. The highest BCUT2D eigenvalue weighted by Gasteiger charge is 2.70. The fraction of sp³-hybridized carbons (Fsp3) is 0.800. The second-order valence-corrected chi connectivity index (χ2v) is 14.2. The van der Waals surface area contributed by atoms with Gasteiger partial charge in [0.05, 0.1) is 12.1 Å². The second-order valence-electron chi connectivity index (χ2n) is 14.2. The lowest BCUT2D eigenvalue weighted by Gasteiger charge is -2.38. The third-order valence-corrected chi connectivity index (χ3v) is 8.69. The lowest BCUT2D eigenvalue weighted by molar-refractivity contribution is -0.148. The maximum Gasteiger partial charge on any atom is 0.405 e. The van der Waals surface area contributed by atoms with Crippen molar-refractivity contribution in [2.24, 2.45) is 34.5 Å². The Morgan fingerprint density at radius 2 is 1.50 bits per heavy atom. The summed E-state index contributed by atoms with van der Waals surface area (Å²) in [5.41, 5.74) is -1.12. The molecule has 4 N–H and O–H groups in total. The smallest absolute Gasteiger partial charge is 0.344 e. The van der Waals surface area contributed by atoms with Crippen molar-refractivity contribution in [2.75, 3.05) is 13.1 Å². The van der Waals surface area contributed by atoms with E-state index in [1.807, 2.05) is 13.8 Å². The van der Waals surface area contributed by atoms with Gasteiger partial charge in [-0.2, -0.15) is 13.2 Å². The number of piperidine rings is 1. The van der Waals surface area contributed by atoms with Crippen LogP contribution in [0.3, 0.4) is 0 Å². The molecule has 44 heavy (non-hydrogen) atoms. The minimum absolute atomic E-state index is 0.0449. The number of urea groups is 1. The molecule has 1 aliphatic heterocycles. The zero-order valence-electron chi connectivity index (χ0n) is 27.3. The fourth-order valence-corrected chi connectivity index (χ4v) is 5.90. The van der Waals surface area contributed by atoms with Crippen LogP contribution in [0, 0.1) is 34.5 Å². The van der Waals surface area contributed by atoms with Gasteiger partial charge in [0, 0.05) is 12.5 Å². The molecule has 1 saturated carbocycles. The van der Waals surface area contributed by atoms with Gasteiger partial charge in [-0.25, -0.2) is 4.79 Å². The molecule has 0 aromatic heterocycles. The lowest BCUT2D eigenvalue weighted by Crippen LogP contribution is -2.62. The highest BCUT2D eigenvalue weighted by Crippen LogP contribution is 2.65. The van der Waals surface area contributed by atoms with Crippen LogP contribution in [0.25, 0.3) is 0 Å². The van der Waals surface area contributed by atoms with Crippen molar-refractivity contribution in [3.63, 3.8) is 0 Å². The van der Waals surface area contributed by atoms with E-state index in [9.17, 15) is 41.9 Å². The van der Waals surface area contributed by atoms with Crippen LogP contribution in [0.1, 0.15) is 75.7 Å². The number of hydrogen-bond acceptors (Lipinski definition) is 6. The van der Waals surface area contributed by atoms with Crippen LogP contribution >= 0.6 is 0 Å². The predicted molar refractivity (Wildman–Crippen MR) is 156 cm³/mol. The van der Waals surface area contributed by atoms with E-state index in [-0.39, 0.29) is 47.8 Å². The van der Waals surface area contributed by atoms with Crippen LogP contribution in [0.15, 0.2) is 0 Å². The molecular formula is C30H48F3N5O6. The molecule has 14 heteroatoms. The molecule has 5 amide bonds. The second kappa shape index (κ2) is 13.4. The minimum atomic E-state index is -4.72. The fourth-order valence-electron chi connectivity index (χ4n) is 5.90. The van der Waals surface area contributed by atoms with Crippen molar-refractivity contribution in [3.05, 3.63) is 0 Å². The molecule has 2 rings (SSSR count). The number of nitrogens with zero attached hydrogens (tertiary/aromatic N) is 1. The molecule has 0 spiro atoms. The van der Waals surface area contributed by atoms with Crippen molar-refractivity contribution in [3.8, 4) is 0 Å². The third-order valence-electron chi connectivity index (χ3n) is 8.69. The highest BCUT2D eigenvalue weighted by atomic mass is 19.4. The van der Waals surface area contributed by atoms with Gasteiger partial charge in [-0.3, -0.25) is 24.0 Å². The summed E-state index contributed by atoms with van der Waals surface area (Å²) in [6.45, 7) is 16.2. The van der Waals surface area contributed by atoms with E-state index in [2.05, 4.69) is 16.0 Å². The van der Waals surface area contributed by atoms with E-state index in [1.54, 1.807) is 48.5 Å². The first-order valence-electron chi connectivity index (χ1n) is 15.1. The largest absolute Gasteiger partial charge is 0.405 e. The van der Waals surface area contributed by atoms with Gasteiger partial charge in [-0.1, -0.05) is 69.2 Å². The standard InChI is InChI=1S/C30H48F3N5O6/c1-11-17(22(40)25(42)34-13-30(31,32)33)35-24(41)20-18-16(29(18,9)10)12-38(20)26(43)23(28(6,7)8)37-27(44)36-19(14(2)3)21(39)15(4)5/h14-20,23H,11-13H2,1-10H3,(H,34,42)(H,35,41)(H2,36,37,44)/t16-,17?,18-,19-,20-,23+/m0/s1. The summed E-state index contributed by atoms with van der Waals surface area (Å²) < 4.78 is 37.6. The zero-order chi connectivity index (χ0) is 34.1. The number of nitrogens with one attached hydrogen (secondary N) is 4. The molecule has 2 fully saturated rings. The number of rotatable bonds is 12. The third kappa shape index (κ3) is 8.50. The van der Waals surface area contributed by atoms with E-state index in [4.69, 9.17) is 0 Å². The molecule has 0 aromatic carbocycles. The van der Waals surface area contributed by atoms with Crippen LogP contribution < -0.4 is 21.3 Å². The van der Waals surface area contributed by atoms with Gasteiger partial charge < -0.3 is 26.2 Å². The zero-order valence-corrected chi connectivity index (χ0v) is 27.3. The Morgan fingerprint density at radius 1 is 0.932 bits per heavy atom. The van der Waals surface area contributed by atoms with Gasteiger partial charge in [0.25, 0.3) is 5.91 Å². The molecule has 0 bridgehead atoms. The van der Waals surface area contributed by atoms with Gasteiger partial charge in [0.15, 0.2) is 5.78 Å². The Hall–Kier alpha value is -3.19. The van der Waals surface area contributed by atoms with E-state index < -0.39 is 71.8 Å². The molecule has 1 saturated heterocycles. The predicted octanol–water partition coefficient (Wildman–Crippen LogP) is 2.58. The SMILES string of the molecule is CCC(NC(=O)[C@@H]1[C@@H]2[C@H](CN1C(=O)[C@@H](NC(=O)N[C@H](C(=O)C(C)C)C(C)C)C(C)(C)C)C2(C)C)C(=O)C(=O)NCC(F)(F)F. The van der Waals surface area contributed by atoms with Crippen LogP contribution in [-0.4, -0.2) is 83.7 Å². The Balaban J connectivity index is 2.28. The van der Waals surface area contributed by atoms with Crippen molar-refractivity contribution < 1.29 is 41.9 Å². The summed E-state index contributed by atoms with van der Waals surface area (Å²) >= 11 is 0. The average molecular weight is 632 g/mol. The number of halogens is 3. The Labute approximate surface area is 257 Å². The number of alkyl halides is 3. The molecule has 6 atom stereocenters. The van der Waals surface area contributed by atoms with E-state index >= 15 is 0 Å². The lowest BCUT2D eigenvalue weighted by atomic mass is 9.85. The summed E-state index contributed by atoms with van der Waals surface area (Å²) in [5, 5.41) is 9.41. The Kier molecular flexibility index (Phi) is 11.3. The molecule has 11 nitrogen and oxygen atoms in total. The molecule has 1 unspecified atom stereocenters. The Bertz CT molecular complexity index is 1150. The molecule has 1 heterocycles. The first-order chi connectivity index (χ1) is 19.9.